The van der Waals surface area contributed by atoms with Gasteiger partial charge in [-0.2, -0.15) is 0 Å². The maximum absolute atomic E-state index is 14.4. The van der Waals surface area contributed by atoms with E-state index in [1.165, 1.54) is 19.4 Å². The second-order valence-corrected chi connectivity index (χ2v) is 6.67. The minimum absolute atomic E-state index is 0.00515. The highest BCUT2D eigenvalue weighted by atomic mass is 19.3. The van der Waals surface area contributed by atoms with Crippen LogP contribution < -0.4 is 4.74 Å². The van der Waals surface area contributed by atoms with Crippen molar-refractivity contribution in [2.75, 3.05) is 33.3 Å². The summed E-state index contributed by atoms with van der Waals surface area (Å²) in [6.07, 6.45) is 1.29. The van der Waals surface area contributed by atoms with Crippen molar-refractivity contribution in [1.82, 2.24) is 14.8 Å². The fourth-order valence-electron chi connectivity index (χ4n) is 3.84. The summed E-state index contributed by atoms with van der Waals surface area (Å²) in [4.78, 5) is 32.1. The molecule has 1 aromatic heterocycles. The molecule has 3 heterocycles. The Morgan fingerprint density at radius 3 is 2.80 bits per heavy atom. The summed E-state index contributed by atoms with van der Waals surface area (Å²) < 4.78 is 33.9. The molecule has 2 aliphatic heterocycles. The predicted octanol–water partition coefficient (Wildman–Crippen LogP) is 1.81. The van der Waals surface area contributed by atoms with Crippen LogP contribution in [-0.4, -0.2) is 65.8 Å². The van der Waals surface area contributed by atoms with Gasteiger partial charge in [-0.1, -0.05) is 0 Å². The van der Waals surface area contributed by atoms with Crippen LogP contribution >= 0.6 is 0 Å². The van der Waals surface area contributed by atoms with E-state index in [1.807, 2.05) is 6.92 Å². The lowest BCUT2D eigenvalue weighted by atomic mass is 9.76. The molecule has 8 heteroatoms. The summed E-state index contributed by atoms with van der Waals surface area (Å²) in [5, 5.41) is 0. The van der Waals surface area contributed by atoms with E-state index in [0.29, 0.717) is 19.5 Å². The number of carbonyl (C=O) groups excluding carboxylic acids is 2. The topological polar surface area (TPSA) is 62.7 Å². The molecule has 0 unspecified atom stereocenters. The fraction of sp³-hybridized carbons (Fsp3) is 0.588. The molecule has 6 nitrogen and oxygen atoms in total. The number of aromatic nitrogens is 1. The molecule has 2 amide bonds. The number of ether oxygens (including phenoxy) is 1. The van der Waals surface area contributed by atoms with Gasteiger partial charge >= 0.3 is 0 Å². The number of carbonyl (C=O) groups is 2. The average Bonchev–Trinajstić information content (AvgIpc) is 2.88. The molecule has 136 valence electrons. The van der Waals surface area contributed by atoms with Crippen molar-refractivity contribution in [2.24, 2.45) is 5.41 Å². The third kappa shape index (κ3) is 3.05. The van der Waals surface area contributed by atoms with Crippen molar-refractivity contribution < 1.29 is 23.1 Å². The first-order valence-electron chi connectivity index (χ1n) is 8.27. The van der Waals surface area contributed by atoms with E-state index in [1.54, 1.807) is 11.0 Å². The van der Waals surface area contributed by atoms with E-state index >= 15 is 0 Å². The molecular weight excluding hydrogens is 332 g/mol. The number of piperidine rings is 1. The number of likely N-dealkylation sites (tertiary alicyclic amines) is 2. The number of hydrogen-bond acceptors (Lipinski definition) is 4. The summed E-state index contributed by atoms with van der Waals surface area (Å²) in [5.74, 6) is -3.90. The maximum Gasteiger partial charge on any atom is 0.266 e. The number of amides is 2. The largest absolute Gasteiger partial charge is 0.480 e. The van der Waals surface area contributed by atoms with Gasteiger partial charge in [-0.25, -0.2) is 13.8 Å². The molecule has 1 atom stereocenters. The standard InChI is InChI=1S/C17H21F2N3O3/c1-3-21-8-6-16(15(21)24)9-17(18,19)11-22(10-16)14(23)12-5-4-7-20-13(12)25-2/h4-5,7H,3,6,8-11H2,1-2H3/t16-/m1/s1. The van der Waals surface area contributed by atoms with Gasteiger partial charge in [0.05, 0.1) is 19.1 Å². The van der Waals surface area contributed by atoms with Crippen molar-refractivity contribution >= 4 is 11.8 Å². The number of nitrogens with zero attached hydrogens (tertiary/aromatic N) is 3. The third-order valence-corrected chi connectivity index (χ3v) is 4.98. The number of hydrogen-bond donors (Lipinski definition) is 0. The number of pyridine rings is 1. The summed E-state index contributed by atoms with van der Waals surface area (Å²) in [6.45, 7) is 2.04. The van der Waals surface area contributed by atoms with Gasteiger partial charge in [0.25, 0.3) is 11.8 Å². The molecule has 0 N–H and O–H groups in total. The third-order valence-electron chi connectivity index (χ3n) is 4.98. The minimum Gasteiger partial charge on any atom is -0.480 e. The Balaban J connectivity index is 1.92. The van der Waals surface area contributed by atoms with Crippen LogP contribution in [0.1, 0.15) is 30.1 Å². The van der Waals surface area contributed by atoms with Gasteiger partial charge in [0.15, 0.2) is 0 Å². The average molecular weight is 353 g/mol. The van der Waals surface area contributed by atoms with Gasteiger partial charge in [0, 0.05) is 32.3 Å². The Kier molecular flexibility index (Phi) is 4.38. The van der Waals surface area contributed by atoms with E-state index in [0.717, 1.165) is 4.90 Å². The first kappa shape index (κ1) is 17.6. The number of halogens is 2. The molecule has 0 aliphatic carbocycles. The van der Waals surface area contributed by atoms with Crippen molar-refractivity contribution in [3.05, 3.63) is 23.9 Å². The van der Waals surface area contributed by atoms with E-state index in [2.05, 4.69) is 4.98 Å². The van der Waals surface area contributed by atoms with Gasteiger partial charge in [-0.3, -0.25) is 9.59 Å². The summed E-state index contributed by atoms with van der Waals surface area (Å²) in [6, 6.07) is 3.04. The number of rotatable bonds is 3. The molecule has 2 aliphatic rings. The highest BCUT2D eigenvalue weighted by Gasteiger charge is 2.57. The highest BCUT2D eigenvalue weighted by molar-refractivity contribution is 5.97. The first-order chi connectivity index (χ1) is 11.8. The molecular formula is C17H21F2N3O3. The lowest BCUT2D eigenvalue weighted by molar-refractivity contribution is -0.151. The zero-order valence-electron chi connectivity index (χ0n) is 14.3. The monoisotopic (exact) mass is 353 g/mol. The summed E-state index contributed by atoms with van der Waals surface area (Å²) in [7, 11) is 1.37. The molecule has 0 radical (unpaired) electrons. The smallest absolute Gasteiger partial charge is 0.266 e. The minimum atomic E-state index is -3.11. The van der Waals surface area contributed by atoms with Crippen molar-refractivity contribution in [2.45, 2.75) is 25.7 Å². The first-order valence-corrected chi connectivity index (χ1v) is 8.27. The van der Waals surface area contributed by atoms with Gasteiger partial charge < -0.3 is 14.5 Å². The quantitative estimate of drug-likeness (QED) is 0.831. The Bertz CT molecular complexity index is 697. The maximum atomic E-state index is 14.4. The summed E-state index contributed by atoms with van der Waals surface area (Å²) >= 11 is 0. The normalized spacial score (nSPS) is 25.5. The van der Waals surface area contributed by atoms with Crippen LogP contribution in [0.4, 0.5) is 8.78 Å². The molecule has 2 fully saturated rings. The van der Waals surface area contributed by atoms with E-state index in [9.17, 15) is 18.4 Å². The van der Waals surface area contributed by atoms with E-state index in [-0.39, 0.29) is 23.9 Å². The van der Waals surface area contributed by atoms with Crippen LogP contribution in [0.3, 0.4) is 0 Å². The number of alkyl halides is 2. The van der Waals surface area contributed by atoms with Crippen LogP contribution in [0.15, 0.2) is 18.3 Å². The second kappa shape index (κ2) is 6.24. The summed E-state index contributed by atoms with van der Waals surface area (Å²) in [5.41, 5.74) is -1.08. The fourth-order valence-corrected chi connectivity index (χ4v) is 3.84. The van der Waals surface area contributed by atoms with Crippen LogP contribution in [-0.2, 0) is 4.79 Å². The zero-order valence-corrected chi connectivity index (χ0v) is 14.3. The van der Waals surface area contributed by atoms with Crippen LogP contribution in [0, 0.1) is 5.41 Å². The second-order valence-electron chi connectivity index (χ2n) is 6.67. The van der Waals surface area contributed by atoms with Crippen LogP contribution in [0.25, 0.3) is 0 Å². The highest BCUT2D eigenvalue weighted by Crippen LogP contribution is 2.46. The van der Waals surface area contributed by atoms with Crippen molar-refractivity contribution in [3.63, 3.8) is 0 Å². The van der Waals surface area contributed by atoms with Gasteiger partial charge in [0.1, 0.15) is 5.56 Å². The van der Waals surface area contributed by atoms with Crippen LogP contribution in [0.5, 0.6) is 5.88 Å². The van der Waals surface area contributed by atoms with Crippen molar-refractivity contribution in [1.29, 1.82) is 0 Å². The van der Waals surface area contributed by atoms with E-state index < -0.39 is 30.2 Å². The van der Waals surface area contributed by atoms with Crippen LogP contribution in [0.2, 0.25) is 0 Å². The Morgan fingerprint density at radius 1 is 1.40 bits per heavy atom. The predicted molar refractivity (Wildman–Crippen MR) is 85.6 cm³/mol. The van der Waals surface area contributed by atoms with E-state index in [4.69, 9.17) is 4.74 Å². The Labute approximate surface area is 144 Å². The molecule has 0 bridgehead atoms. The van der Waals surface area contributed by atoms with Gasteiger partial charge in [-0.05, 0) is 25.5 Å². The molecule has 1 aromatic rings. The molecule has 3 rings (SSSR count). The van der Waals surface area contributed by atoms with Gasteiger partial charge in [-0.15, -0.1) is 0 Å². The lowest BCUT2D eigenvalue weighted by Gasteiger charge is -2.42. The number of methoxy groups -OCH3 is 1. The molecule has 25 heavy (non-hydrogen) atoms. The molecule has 1 spiro atoms. The Hall–Kier alpha value is -2.25. The molecule has 2 saturated heterocycles. The van der Waals surface area contributed by atoms with Crippen molar-refractivity contribution in [3.8, 4) is 5.88 Å². The molecule has 0 saturated carbocycles. The van der Waals surface area contributed by atoms with Gasteiger partial charge in [0.2, 0.25) is 11.8 Å². The lowest BCUT2D eigenvalue weighted by Crippen LogP contribution is -2.57. The Morgan fingerprint density at radius 2 is 2.16 bits per heavy atom. The zero-order chi connectivity index (χ0) is 18.2. The SMILES string of the molecule is CCN1CC[C@@]2(CN(C(=O)c3cccnc3OC)CC(F)(F)C2)C1=O. The molecule has 0 aromatic carbocycles.